The molecule has 2 aromatic carbocycles. The Morgan fingerprint density at radius 3 is 2.66 bits per heavy atom. The molecule has 0 bridgehead atoms. The number of rotatable bonds is 9. The lowest BCUT2D eigenvalue weighted by Crippen LogP contribution is -2.47. The minimum absolute atomic E-state index is 0.0574. The first-order valence-electron chi connectivity index (χ1n) is 12.6. The summed E-state index contributed by atoms with van der Waals surface area (Å²) < 4.78 is 0. The summed E-state index contributed by atoms with van der Waals surface area (Å²) in [6.07, 6.45) is 4.84. The molecule has 2 fully saturated rings. The molecular formula is C28H33N3O4. The van der Waals surface area contributed by atoms with Crippen LogP contribution in [0, 0.1) is 5.92 Å². The van der Waals surface area contributed by atoms with Gasteiger partial charge in [0, 0.05) is 19.2 Å². The van der Waals surface area contributed by atoms with Crippen molar-refractivity contribution in [2.75, 3.05) is 13.2 Å². The summed E-state index contributed by atoms with van der Waals surface area (Å²) in [5.74, 6) is -0.0679. The van der Waals surface area contributed by atoms with Gasteiger partial charge in [0.2, 0.25) is 5.91 Å². The third-order valence-corrected chi connectivity index (χ3v) is 7.80. The molecule has 7 nitrogen and oxygen atoms in total. The molecule has 2 aliphatic carbocycles. The van der Waals surface area contributed by atoms with Crippen LogP contribution in [0.25, 0.3) is 0 Å². The normalized spacial score (nSPS) is 21.8. The van der Waals surface area contributed by atoms with Crippen LogP contribution in [0.15, 0.2) is 48.5 Å². The number of benzene rings is 2. The number of amides is 4. The SMILES string of the molecule is C[C@@H](C1CC1)N(Cc1ccccc1)C(=O)CN1C(=O)N[C@]2(CCc3cc(CCCO)ccc32)C1=O. The first-order valence-corrected chi connectivity index (χ1v) is 12.6. The highest BCUT2D eigenvalue weighted by Gasteiger charge is 2.55. The molecule has 1 saturated heterocycles. The maximum Gasteiger partial charge on any atom is 0.325 e. The van der Waals surface area contributed by atoms with Gasteiger partial charge in [0.15, 0.2) is 0 Å². The third-order valence-electron chi connectivity index (χ3n) is 7.80. The first kappa shape index (κ1) is 23.5. The summed E-state index contributed by atoms with van der Waals surface area (Å²) in [6, 6.07) is 15.4. The molecular weight excluding hydrogens is 442 g/mol. The Morgan fingerprint density at radius 1 is 1.17 bits per heavy atom. The van der Waals surface area contributed by atoms with E-state index in [1.54, 1.807) is 0 Å². The predicted molar refractivity (Wildman–Crippen MR) is 131 cm³/mol. The van der Waals surface area contributed by atoms with E-state index in [1.165, 1.54) is 0 Å². The first-order chi connectivity index (χ1) is 16.9. The molecule has 0 aromatic heterocycles. The van der Waals surface area contributed by atoms with Crippen molar-refractivity contribution in [3.05, 3.63) is 70.8 Å². The van der Waals surface area contributed by atoms with Gasteiger partial charge in [-0.1, -0.05) is 48.5 Å². The van der Waals surface area contributed by atoms with Crippen molar-refractivity contribution in [1.82, 2.24) is 15.1 Å². The second-order valence-electron chi connectivity index (χ2n) is 10.1. The van der Waals surface area contributed by atoms with E-state index < -0.39 is 11.6 Å². The smallest absolute Gasteiger partial charge is 0.325 e. The number of hydrogen-bond acceptors (Lipinski definition) is 4. The standard InChI is InChI=1S/C28H33N3O4/c1-19(22-10-11-22)30(17-21-6-3-2-4-7-21)25(33)18-31-26(34)28(29-27(31)35)14-13-23-16-20(8-5-15-32)9-12-24(23)28/h2-4,6-7,9,12,16,19,22,32H,5,8,10-11,13-15,17-18H2,1H3,(H,29,35)/t19-,28-/m0/s1. The van der Waals surface area contributed by atoms with Gasteiger partial charge in [-0.05, 0) is 73.6 Å². The van der Waals surface area contributed by atoms with Crippen LogP contribution in [0.1, 0.15) is 54.9 Å². The second kappa shape index (κ2) is 9.46. The largest absolute Gasteiger partial charge is 0.396 e. The summed E-state index contributed by atoms with van der Waals surface area (Å²) in [5, 5.41) is 12.0. The molecule has 1 heterocycles. The molecule has 1 spiro atoms. The molecule has 184 valence electrons. The van der Waals surface area contributed by atoms with E-state index in [4.69, 9.17) is 5.11 Å². The fourth-order valence-electron chi connectivity index (χ4n) is 5.59. The lowest BCUT2D eigenvalue weighted by Gasteiger charge is -2.31. The quantitative estimate of drug-likeness (QED) is 0.546. The van der Waals surface area contributed by atoms with Gasteiger partial charge in [0.25, 0.3) is 5.91 Å². The Balaban J connectivity index is 1.34. The van der Waals surface area contributed by atoms with Crippen molar-refractivity contribution in [3.63, 3.8) is 0 Å². The van der Waals surface area contributed by atoms with Crippen molar-refractivity contribution in [1.29, 1.82) is 0 Å². The lowest BCUT2D eigenvalue weighted by molar-refractivity contribution is -0.141. The Hall–Kier alpha value is -3.19. The van der Waals surface area contributed by atoms with Gasteiger partial charge in [-0.25, -0.2) is 4.79 Å². The summed E-state index contributed by atoms with van der Waals surface area (Å²) >= 11 is 0. The average molecular weight is 476 g/mol. The Kier molecular flexibility index (Phi) is 6.36. The number of nitrogens with zero attached hydrogens (tertiary/aromatic N) is 2. The van der Waals surface area contributed by atoms with Crippen LogP contribution in [-0.4, -0.2) is 51.9 Å². The molecule has 0 radical (unpaired) electrons. The predicted octanol–water partition coefficient (Wildman–Crippen LogP) is 3.13. The molecule has 2 aromatic rings. The van der Waals surface area contributed by atoms with Gasteiger partial charge in [0.05, 0.1) is 0 Å². The molecule has 35 heavy (non-hydrogen) atoms. The summed E-state index contributed by atoms with van der Waals surface area (Å²) in [6.45, 7) is 2.42. The number of aliphatic hydroxyl groups excluding tert-OH is 1. The van der Waals surface area contributed by atoms with Crippen LogP contribution in [0.3, 0.4) is 0 Å². The van der Waals surface area contributed by atoms with E-state index >= 15 is 0 Å². The van der Waals surface area contributed by atoms with Gasteiger partial charge in [-0.3, -0.25) is 14.5 Å². The topological polar surface area (TPSA) is 90.0 Å². The van der Waals surface area contributed by atoms with Gasteiger partial charge in [0.1, 0.15) is 12.1 Å². The fraction of sp³-hybridized carbons (Fsp3) is 0.464. The lowest BCUT2D eigenvalue weighted by atomic mass is 9.91. The van der Waals surface area contributed by atoms with Gasteiger partial charge >= 0.3 is 6.03 Å². The van der Waals surface area contributed by atoms with Crippen molar-refractivity contribution >= 4 is 17.8 Å². The summed E-state index contributed by atoms with van der Waals surface area (Å²) in [5.41, 5.74) is 2.93. The van der Waals surface area contributed by atoms with E-state index in [0.717, 1.165) is 46.4 Å². The number of fused-ring (bicyclic) bond motifs is 2. The average Bonchev–Trinajstić information content (AvgIpc) is 3.62. The minimum Gasteiger partial charge on any atom is -0.396 e. The van der Waals surface area contributed by atoms with Crippen molar-refractivity contribution in [2.24, 2.45) is 5.92 Å². The Bertz CT molecular complexity index is 1130. The van der Waals surface area contributed by atoms with Crippen LogP contribution in [-0.2, 0) is 34.5 Å². The van der Waals surface area contributed by atoms with E-state index in [-0.39, 0.29) is 31.0 Å². The Morgan fingerprint density at radius 2 is 1.94 bits per heavy atom. The second-order valence-corrected chi connectivity index (χ2v) is 10.1. The molecule has 3 aliphatic rings. The van der Waals surface area contributed by atoms with Crippen LogP contribution < -0.4 is 5.32 Å². The maximum atomic E-state index is 13.6. The van der Waals surface area contributed by atoms with Gasteiger partial charge < -0.3 is 15.3 Å². The number of urea groups is 1. The monoisotopic (exact) mass is 475 g/mol. The highest BCUT2D eigenvalue weighted by molar-refractivity contribution is 6.10. The van der Waals surface area contributed by atoms with E-state index in [9.17, 15) is 14.4 Å². The van der Waals surface area contributed by atoms with E-state index in [2.05, 4.69) is 18.3 Å². The zero-order valence-corrected chi connectivity index (χ0v) is 20.2. The zero-order valence-electron chi connectivity index (χ0n) is 20.2. The molecule has 7 heteroatoms. The molecule has 5 rings (SSSR count). The summed E-state index contributed by atoms with van der Waals surface area (Å²) in [7, 11) is 0. The number of aliphatic hydroxyl groups is 1. The van der Waals surface area contributed by atoms with Crippen LogP contribution in [0.4, 0.5) is 4.79 Å². The number of nitrogens with one attached hydrogen (secondary N) is 1. The number of aryl methyl sites for hydroxylation is 2. The van der Waals surface area contributed by atoms with E-state index in [1.807, 2.05) is 47.4 Å². The molecule has 4 amide bonds. The van der Waals surface area contributed by atoms with Crippen LogP contribution >= 0.6 is 0 Å². The number of hydrogen-bond donors (Lipinski definition) is 2. The molecule has 2 atom stereocenters. The molecule has 1 aliphatic heterocycles. The Labute approximate surface area is 206 Å². The molecule has 1 saturated carbocycles. The van der Waals surface area contributed by atoms with E-state index in [0.29, 0.717) is 31.7 Å². The van der Waals surface area contributed by atoms with Crippen molar-refractivity contribution in [3.8, 4) is 0 Å². The van der Waals surface area contributed by atoms with Crippen LogP contribution in [0.2, 0.25) is 0 Å². The summed E-state index contributed by atoms with van der Waals surface area (Å²) in [4.78, 5) is 43.1. The van der Waals surface area contributed by atoms with Crippen molar-refractivity contribution < 1.29 is 19.5 Å². The number of imide groups is 1. The molecule has 0 unspecified atom stereocenters. The highest BCUT2D eigenvalue weighted by atomic mass is 16.3. The number of carbonyl (C=O) groups excluding carboxylic acids is 3. The zero-order chi connectivity index (χ0) is 24.6. The highest BCUT2D eigenvalue weighted by Crippen LogP contribution is 2.42. The maximum absolute atomic E-state index is 13.6. The fourth-order valence-corrected chi connectivity index (χ4v) is 5.59. The minimum atomic E-state index is -1.09. The van der Waals surface area contributed by atoms with Crippen LogP contribution in [0.5, 0.6) is 0 Å². The van der Waals surface area contributed by atoms with Gasteiger partial charge in [-0.2, -0.15) is 0 Å². The third kappa shape index (κ3) is 4.45. The van der Waals surface area contributed by atoms with Crippen molar-refractivity contribution in [2.45, 2.75) is 63.6 Å². The molecule has 2 N–H and O–H groups in total. The van der Waals surface area contributed by atoms with Gasteiger partial charge in [-0.15, -0.1) is 0 Å². The number of carbonyl (C=O) groups is 3.